The van der Waals surface area contributed by atoms with E-state index in [1.807, 2.05) is 20.8 Å². The van der Waals surface area contributed by atoms with Crippen LogP contribution in [0, 0.1) is 5.82 Å². The van der Waals surface area contributed by atoms with E-state index in [0.717, 1.165) is 5.69 Å². The quantitative estimate of drug-likeness (QED) is 0.944. The first kappa shape index (κ1) is 16.0. The number of hydrogen-bond donors (Lipinski definition) is 1. The molecule has 0 spiro atoms. The van der Waals surface area contributed by atoms with Gasteiger partial charge in [0, 0.05) is 30.5 Å². The summed E-state index contributed by atoms with van der Waals surface area (Å²) in [6.45, 7) is 5.85. The Bertz CT molecular complexity index is 647. The van der Waals surface area contributed by atoms with Crippen LogP contribution in [0.25, 0.3) is 5.69 Å². The summed E-state index contributed by atoms with van der Waals surface area (Å²) in [5, 5.41) is 2.69. The van der Waals surface area contributed by atoms with Crippen LogP contribution in [0.5, 0.6) is 0 Å². The largest absolute Gasteiger partial charge is 0.444 e. The number of imidazole rings is 1. The molecular weight excluding hydrogens is 285 g/mol. The molecule has 1 N–H and O–H groups in total. The number of aromatic nitrogens is 2. The normalized spacial score (nSPS) is 11.3. The van der Waals surface area contributed by atoms with Crippen molar-refractivity contribution in [2.75, 3.05) is 6.54 Å². The molecule has 6 heteroatoms. The lowest BCUT2D eigenvalue weighted by molar-refractivity contribution is 0.0528. The minimum Gasteiger partial charge on any atom is -0.444 e. The third kappa shape index (κ3) is 4.58. The highest BCUT2D eigenvalue weighted by Gasteiger charge is 2.15. The Morgan fingerprint density at radius 3 is 2.86 bits per heavy atom. The summed E-state index contributed by atoms with van der Waals surface area (Å²) >= 11 is 0. The Morgan fingerprint density at radius 1 is 1.41 bits per heavy atom. The van der Waals surface area contributed by atoms with E-state index in [1.165, 1.54) is 12.1 Å². The van der Waals surface area contributed by atoms with Crippen molar-refractivity contribution >= 4 is 6.09 Å². The molecule has 0 aliphatic heterocycles. The van der Waals surface area contributed by atoms with Crippen LogP contribution < -0.4 is 5.32 Å². The Hall–Kier alpha value is -2.37. The van der Waals surface area contributed by atoms with Gasteiger partial charge in [0.25, 0.3) is 0 Å². The molecular formula is C16H20FN3O2. The first-order valence-corrected chi connectivity index (χ1v) is 7.09. The lowest BCUT2D eigenvalue weighted by Gasteiger charge is -2.19. The van der Waals surface area contributed by atoms with Crippen molar-refractivity contribution in [3.8, 4) is 5.69 Å². The molecule has 22 heavy (non-hydrogen) atoms. The minimum absolute atomic E-state index is 0.302. The summed E-state index contributed by atoms with van der Waals surface area (Å²) in [7, 11) is 0. The molecule has 118 valence electrons. The van der Waals surface area contributed by atoms with Crippen LogP contribution in [0.2, 0.25) is 0 Å². The summed E-state index contributed by atoms with van der Waals surface area (Å²) in [6, 6.07) is 6.28. The number of rotatable bonds is 4. The number of halogens is 1. The van der Waals surface area contributed by atoms with Gasteiger partial charge in [0.1, 0.15) is 11.4 Å². The van der Waals surface area contributed by atoms with Crippen molar-refractivity contribution in [3.05, 3.63) is 48.3 Å². The van der Waals surface area contributed by atoms with Gasteiger partial charge in [0.15, 0.2) is 0 Å². The SMILES string of the molecule is CC(C)(C)OC(=O)NCCc1cncn1-c1cccc(F)c1. The van der Waals surface area contributed by atoms with E-state index < -0.39 is 11.7 Å². The maximum Gasteiger partial charge on any atom is 0.407 e. The van der Waals surface area contributed by atoms with Crippen molar-refractivity contribution < 1.29 is 13.9 Å². The second-order valence-corrected chi connectivity index (χ2v) is 5.91. The van der Waals surface area contributed by atoms with Gasteiger partial charge in [-0.25, -0.2) is 14.2 Å². The summed E-state index contributed by atoms with van der Waals surface area (Å²) < 4.78 is 20.3. The first-order valence-electron chi connectivity index (χ1n) is 7.09. The molecule has 0 radical (unpaired) electrons. The second-order valence-electron chi connectivity index (χ2n) is 5.91. The lowest BCUT2D eigenvalue weighted by Crippen LogP contribution is -2.33. The van der Waals surface area contributed by atoms with Gasteiger partial charge in [-0.2, -0.15) is 0 Å². The number of carbonyl (C=O) groups is 1. The second kappa shape index (κ2) is 6.60. The van der Waals surface area contributed by atoms with Crippen LogP contribution in [-0.2, 0) is 11.2 Å². The van der Waals surface area contributed by atoms with Gasteiger partial charge in [0.2, 0.25) is 0 Å². The molecule has 1 heterocycles. The molecule has 0 unspecified atom stereocenters. The topological polar surface area (TPSA) is 56.1 Å². The van der Waals surface area contributed by atoms with Gasteiger partial charge in [-0.1, -0.05) is 6.07 Å². The molecule has 0 saturated carbocycles. The fraction of sp³-hybridized carbons (Fsp3) is 0.375. The van der Waals surface area contributed by atoms with E-state index in [4.69, 9.17) is 4.74 Å². The number of ether oxygens (including phenoxy) is 1. The van der Waals surface area contributed by atoms with Crippen LogP contribution in [0.15, 0.2) is 36.8 Å². The maximum atomic E-state index is 13.3. The highest BCUT2D eigenvalue weighted by atomic mass is 19.1. The number of amides is 1. The van der Waals surface area contributed by atoms with E-state index >= 15 is 0 Å². The molecule has 0 saturated heterocycles. The van der Waals surface area contributed by atoms with Gasteiger partial charge in [0.05, 0.1) is 6.33 Å². The molecule has 1 aromatic heterocycles. The summed E-state index contributed by atoms with van der Waals surface area (Å²) in [5.74, 6) is -0.302. The predicted molar refractivity (Wildman–Crippen MR) is 81.5 cm³/mol. The Kier molecular flexibility index (Phi) is 4.80. The molecule has 1 aromatic carbocycles. The zero-order valence-electron chi connectivity index (χ0n) is 13.0. The molecule has 0 aliphatic carbocycles. The van der Waals surface area contributed by atoms with Crippen LogP contribution >= 0.6 is 0 Å². The molecule has 0 aliphatic rings. The number of benzene rings is 1. The highest BCUT2D eigenvalue weighted by Crippen LogP contribution is 2.13. The molecule has 0 bridgehead atoms. The van der Waals surface area contributed by atoms with Gasteiger partial charge in [-0.3, -0.25) is 0 Å². The zero-order chi connectivity index (χ0) is 16.2. The van der Waals surface area contributed by atoms with Gasteiger partial charge in [-0.15, -0.1) is 0 Å². The van der Waals surface area contributed by atoms with Gasteiger partial charge < -0.3 is 14.6 Å². The third-order valence-electron chi connectivity index (χ3n) is 2.85. The summed E-state index contributed by atoms with van der Waals surface area (Å²) in [4.78, 5) is 15.7. The maximum absolute atomic E-state index is 13.3. The number of hydrogen-bond acceptors (Lipinski definition) is 3. The van der Waals surface area contributed by atoms with Crippen molar-refractivity contribution in [1.82, 2.24) is 14.9 Å². The van der Waals surface area contributed by atoms with E-state index in [-0.39, 0.29) is 5.82 Å². The average molecular weight is 305 g/mol. The van der Waals surface area contributed by atoms with Crippen LogP contribution in [0.1, 0.15) is 26.5 Å². The lowest BCUT2D eigenvalue weighted by atomic mass is 10.2. The van der Waals surface area contributed by atoms with Crippen molar-refractivity contribution in [2.45, 2.75) is 32.8 Å². The highest BCUT2D eigenvalue weighted by molar-refractivity contribution is 5.67. The monoisotopic (exact) mass is 305 g/mol. The van der Waals surface area contributed by atoms with E-state index in [1.54, 1.807) is 29.2 Å². The number of nitrogens with zero attached hydrogens (tertiary/aromatic N) is 2. The van der Waals surface area contributed by atoms with Crippen LogP contribution in [0.3, 0.4) is 0 Å². The average Bonchev–Trinajstić information content (AvgIpc) is 2.85. The number of nitrogens with one attached hydrogen (secondary N) is 1. The standard InChI is InChI=1S/C16H20FN3O2/c1-16(2,3)22-15(21)19-8-7-14-10-18-11-20(14)13-6-4-5-12(17)9-13/h4-6,9-11H,7-8H2,1-3H3,(H,19,21). The Balaban J connectivity index is 1.95. The Morgan fingerprint density at radius 2 is 2.18 bits per heavy atom. The summed E-state index contributed by atoms with van der Waals surface area (Å²) in [6.07, 6.45) is 3.43. The minimum atomic E-state index is -0.520. The molecule has 5 nitrogen and oxygen atoms in total. The smallest absolute Gasteiger partial charge is 0.407 e. The van der Waals surface area contributed by atoms with E-state index in [2.05, 4.69) is 10.3 Å². The molecule has 0 atom stereocenters. The predicted octanol–water partition coefficient (Wildman–Crippen LogP) is 3.08. The molecule has 1 amide bonds. The number of carbonyl (C=O) groups excluding carboxylic acids is 1. The molecule has 2 aromatic rings. The summed E-state index contributed by atoms with van der Waals surface area (Å²) in [5.41, 5.74) is 1.05. The number of alkyl carbamates (subject to hydrolysis) is 1. The van der Waals surface area contributed by atoms with Crippen LogP contribution in [-0.4, -0.2) is 27.8 Å². The van der Waals surface area contributed by atoms with Crippen molar-refractivity contribution in [1.29, 1.82) is 0 Å². The van der Waals surface area contributed by atoms with Gasteiger partial charge >= 0.3 is 6.09 Å². The van der Waals surface area contributed by atoms with Crippen molar-refractivity contribution in [2.24, 2.45) is 0 Å². The fourth-order valence-electron chi connectivity index (χ4n) is 1.97. The van der Waals surface area contributed by atoms with Crippen molar-refractivity contribution in [3.63, 3.8) is 0 Å². The van der Waals surface area contributed by atoms with E-state index in [9.17, 15) is 9.18 Å². The molecule has 0 fully saturated rings. The fourth-order valence-corrected chi connectivity index (χ4v) is 1.97. The zero-order valence-corrected chi connectivity index (χ0v) is 13.0. The first-order chi connectivity index (χ1) is 10.3. The third-order valence-corrected chi connectivity index (χ3v) is 2.85. The van der Waals surface area contributed by atoms with Crippen LogP contribution in [0.4, 0.5) is 9.18 Å². The molecule has 2 rings (SSSR count). The van der Waals surface area contributed by atoms with E-state index in [0.29, 0.717) is 18.7 Å². The van der Waals surface area contributed by atoms with Gasteiger partial charge in [-0.05, 0) is 39.0 Å². The Labute approximate surface area is 129 Å².